The number of hydrogen-bond donors (Lipinski definition) is 3. The van der Waals surface area contributed by atoms with Crippen LogP contribution in [-0.2, 0) is 24.1 Å². The first-order valence-corrected chi connectivity index (χ1v) is 9.88. The zero-order valence-corrected chi connectivity index (χ0v) is 16.4. The topological polar surface area (TPSA) is 70.6 Å². The first-order valence-electron chi connectivity index (χ1n) is 9.88. The van der Waals surface area contributed by atoms with Crippen molar-refractivity contribution in [3.05, 3.63) is 65.2 Å². The summed E-state index contributed by atoms with van der Waals surface area (Å²) in [6.45, 7) is 0.0000380. The molecule has 2 amide bonds. The molecule has 2 aromatic carbocycles. The maximum Gasteiger partial charge on any atom is 0.416 e. The van der Waals surface area contributed by atoms with Gasteiger partial charge in [0.2, 0.25) is 0 Å². The van der Waals surface area contributed by atoms with Crippen LogP contribution in [0, 0.1) is 0 Å². The van der Waals surface area contributed by atoms with Crippen LogP contribution in [0.4, 0.5) is 23.7 Å². The summed E-state index contributed by atoms with van der Waals surface area (Å²) >= 11 is 0. The summed E-state index contributed by atoms with van der Waals surface area (Å²) in [5.74, 6) is 0. The lowest BCUT2D eigenvalue weighted by atomic mass is 9.93. The van der Waals surface area contributed by atoms with E-state index < -0.39 is 24.4 Å². The van der Waals surface area contributed by atoms with Crippen molar-refractivity contribution in [2.24, 2.45) is 0 Å². The molecule has 3 N–H and O–H groups in total. The average molecular weight is 422 g/mol. The summed E-state index contributed by atoms with van der Waals surface area (Å²) in [7, 11) is 0. The largest absolute Gasteiger partial charge is 0.416 e. The molecule has 0 saturated heterocycles. The van der Waals surface area contributed by atoms with Crippen LogP contribution >= 0.6 is 0 Å². The highest BCUT2D eigenvalue weighted by Gasteiger charge is 2.31. The number of rotatable bonds is 6. The van der Waals surface area contributed by atoms with Crippen LogP contribution in [0.2, 0.25) is 0 Å². The van der Waals surface area contributed by atoms with E-state index in [0.717, 1.165) is 43.4 Å². The molecule has 0 unspecified atom stereocenters. The fraction of sp³-hybridized carbons (Fsp3) is 0.409. The number of benzene rings is 2. The van der Waals surface area contributed by atoms with Crippen molar-refractivity contribution >= 4 is 11.7 Å². The number of hydrogen-bond acceptors (Lipinski definition) is 3. The van der Waals surface area contributed by atoms with Crippen molar-refractivity contribution in [1.29, 1.82) is 0 Å². The molecule has 0 heterocycles. The third kappa shape index (κ3) is 6.47. The zero-order chi connectivity index (χ0) is 21.6. The van der Waals surface area contributed by atoms with Gasteiger partial charge in [-0.15, -0.1) is 0 Å². The van der Waals surface area contributed by atoms with E-state index in [0.29, 0.717) is 6.61 Å². The Kier molecular flexibility index (Phi) is 7.33. The molecule has 0 aliphatic heterocycles. The second-order valence-corrected chi connectivity index (χ2v) is 7.44. The van der Waals surface area contributed by atoms with Crippen molar-refractivity contribution in [3.63, 3.8) is 0 Å². The molecule has 8 heteroatoms. The van der Waals surface area contributed by atoms with Crippen LogP contribution in [0.3, 0.4) is 0 Å². The second-order valence-electron chi connectivity index (χ2n) is 7.44. The number of anilines is 1. The van der Waals surface area contributed by atoms with E-state index in [1.165, 1.54) is 6.07 Å². The Hall–Kier alpha value is -2.58. The predicted molar refractivity (Wildman–Crippen MR) is 107 cm³/mol. The van der Waals surface area contributed by atoms with E-state index in [1.807, 2.05) is 30.3 Å². The van der Waals surface area contributed by atoms with Crippen LogP contribution in [0.25, 0.3) is 0 Å². The molecule has 0 spiro atoms. The van der Waals surface area contributed by atoms with Gasteiger partial charge in [0.05, 0.1) is 24.9 Å². The van der Waals surface area contributed by atoms with E-state index in [2.05, 4.69) is 10.6 Å². The highest BCUT2D eigenvalue weighted by molar-refractivity contribution is 5.89. The molecule has 30 heavy (non-hydrogen) atoms. The maximum atomic E-state index is 13.0. The minimum atomic E-state index is -4.56. The summed E-state index contributed by atoms with van der Waals surface area (Å²) < 4.78 is 44.9. The van der Waals surface area contributed by atoms with Gasteiger partial charge in [-0.1, -0.05) is 30.3 Å². The van der Waals surface area contributed by atoms with Gasteiger partial charge in [0.1, 0.15) is 0 Å². The molecule has 1 aliphatic carbocycles. The van der Waals surface area contributed by atoms with Gasteiger partial charge >= 0.3 is 12.2 Å². The van der Waals surface area contributed by atoms with E-state index in [1.54, 1.807) is 0 Å². The fourth-order valence-electron chi connectivity index (χ4n) is 3.53. The predicted octanol–water partition coefficient (Wildman–Crippen LogP) is 4.85. The number of carbonyl (C=O) groups excluding carboxylic acids is 1. The van der Waals surface area contributed by atoms with Crippen LogP contribution in [0.5, 0.6) is 0 Å². The molecule has 2 aromatic rings. The molecule has 0 radical (unpaired) electrons. The number of amides is 2. The molecule has 1 aliphatic rings. The minimum absolute atomic E-state index is 0.00810. The quantitative estimate of drug-likeness (QED) is 0.624. The summed E-state index contributed by atoms with van der Waals surface area (Å²) in [5.41, 5.74) is 0.267. The SMILES string of the molecule is O=C(Nc1cc(CO)cc(C(F)(F)F)c1)NC1CCC(OCc2ccccc2)CC1. The zero-order valence-electron chi connectivity index (χ0n) is 16.4. The molecule has 1 fully saturated rings. The van der Waals surface area contributed by atoms with Crippen LogP contribution in [-0.4, -0.2) is 23.3 Å². The van der Waals surface area contributed by atoms with Gasteiger partial charge in [0, 0.05) is 11.7 Å². The monoisotopic (exact) mass is 422 g/mol. The maximum absolute atomic E-state index is 13.0. The normalized spacial score (nSPS) is 19.3. The first kappa shape index (κ1) is 22.1. The molecule has 0 atom stereocenters. The van der Waals surface area contributed by atoms with Crippen molar-refractivity contribution in [2.45, 2.75) is 57.2 Å². The molecule has 1 saturated carbocycles. The fourth-order valence-corrected chi connectivity index (χ4v) is 3.53. The van der Waals surface area contributed by atoms with E-state index in [-0.39, 0.29) is 23.4 Å². The Morgan fingerprint density at radius 2 is 1.73 bits per heavy atom. The van der Waals surface area contributed by atoms with Crippen LogP contribution < -0.4 is 10.6 Å². The lowest BCUT2D eigenvalue weighted by molar-refractivity contribution is -0.137. The van der Waals surface area contributed by atoms with Gasteiger partial charge in [0.25, 0.3) is 0 Å². The smallest absolute Gasteiger partial charge is 0.392 e. The third-order valence-electron chi connectivity index (χ3n) is 5.10. The average Bonchev–Trinajstić information content (AvgIpc) is 2.73. The van der Waals surface area contributed by atoms with Crippen molar-refractivity contribution < 1.29 is 27.8 Å². The van der Waals surface area contributed by atoms with Crippen molar-refractivity contribution in [3.8, 4) is 0 Å². The van der Waals surface area contributed by atoms with Crippen LogP contribution in [0.15, 0.2) is 48.5 Å². The third-order valence-corrected chi connectivity index (χ3v) is 5.10. The van der Waals surface area contributed by atoms with E-state index in [4.69, 9.17) is 4.74 Å². The van der Waals surface area contributed by atoms with Gasteiger partial charge < -0.3 is 20.5 Å². The molecule has 5 nitrogen and oxygen atoms in total. The highest BCUT2D eigenvalue weighted by atomic mass is 19.4. The summed E-state index contributed by atoms with van der Waals surface area (Å²) in [6, 6.07) is 12.3. The number of urea groups is 1. The number of aliphatic hydroxyl groups excluding tert-OH is 1. The highest BCUT2D eigenvalue weighted by Crippen LogP contribution is 2.32. The lowest BCUT2D eigenvalue weighted by Crippen LogP contribution is -2.41. The number of carbonyl (C=O) groups is 1. The van der Waals surface area contributed by atoms with E-state index >= 15 is 0 Å². The summed E-state index contributed by atoms with van der Waals surface area (Å²) in [4.78, 5) is 12.2. The van der Waals surface area contributed by atoms with Gasteiger partial charge in [-0.3, -0.25) is 0 Å². The van der Waals surface area contributed by atoms with Gasteiger partial charge in [0.15, 0.2) is 0 Å². The number of ether oxygens (including phenoxy) is 1. The van der Waals surface area contributed by atoms with E-state index in [9.17, 15) is 23.1 Å². The van der Waals surface area contributed by atoms with Crippen LogP contribution in [0.1, 0.15) is 42.4 Å². The molecular weight excluding hydrogens is 397 g/mol. The Bertz CT molecular complexity index is 835. The van der Waals surface area contributed by atoms with Gasteiger partial charge in [-0.05, 0) is 55.0 Å². The summed E-state index contributed by atoms with van der Waals surface area (Å²) in [6.07, 6.45) is -1.36. The Balaban J connectivity index is 1.47. The number of nitrogens with one attached hydrogen (secondary N) is 2. The van der Waals surface area contributed by atoms with Crippen molar-refractivity contribution in [1.82, 2.24) is 5.32 Å². The Morgan fingerprint density at radius 1 is 1.03 bits per heavy atom. The second kappa shape index (κ2) is 9.95. The molecular formula is C22H25F3N2O3. The first-order chi connectivity index (χ1) is 14.3. The van der Waals surface area contributed by atoms with Crippen molar-refractivity contribution in [2.75, 3.05) is 5.32 Å². The van der Waals surface area contributed by atoms with Gasteiger partial charge in [-0.2, -0.15) is 13.2 Å². The molecule has 162 valence electrons. The minimum Gasteiger partial charge on any atom is -0.392 e. The molecule has 0 bridgehead atoms. The Labute approximate surface area is 173 Å². The number of aliphatic hydroxyl groups is 1. The standard InChI is InChI=1S/C22H25F3N2O3/c23-22(24,25)17-10-16(13-28)11-19(12-17)27-21(29)26-18-6-8-20(9-7-18)30-14-15-4-2-1-3-5-15/h1-5,10-12,18,20,28H,6-9,13-14H2,(H2,26,27,29). The molecule has 0 aromatic heterocycles. The Morgan fingerprint density at radius 3 is 2.37 bits per heavy atom. The van der Waals surface area contributed by atoms with Gasteiger partial charge in [-0.25, -0.2) is 4.79 Å². The number of alkyl halides is 3. The molecule has 3 rings (SSSR count). The lowest BCUT2D eigenvalue weighted by Gasteiger charge is -2.29. The summed E-state index contributed by atoms with van der Waals surface area (Å²) in [5, 5.41) is 14.4. The number of halogens is 3.